The lowest BCUT2D eigenvalue weighted by molar-refractivity contribution is -0.242. The molecule has 0 radical (unpaired) electrons. The molecule has 4 fully saturated rings. The average molecular weight is 1440 g/mol. The molecule has 11 atom stereocenters. The Morgan fingerprint density at radius 3 is 1.70 bits per heavy atom. The second kappa shape index (κ2) is 35.9. The Morgan fingerprint density at radius 2 is 1.10 bits per heavy atom. The van der Waals surface area contributed by atoms with E-state index in [0.29, 0.717) is 66.7 Å². The normalized spacial score (nSPS) is 23.8. The molecule has 4 aromatic rings. The van der Waals surface area contributed by atoms with Crippen molar-refractivity contribution in [1.29, 1.82) is 0 Å². The maximum absolute atomic E-state index is 14.6. The fraction of sp³-hybridized carbons (Fsp3) is 0.528. The summed E-state index contributed by atoms with van der Waals surface area (Å²) in [4.78, 5) is 95.3. The molecule has 0 saturated carbocycles. The Bertz CT molecular complexity index is 3710. The van der Waals surface area contributed by atoms with Gasteiger partial charge in [0.05, 0.1) is 112 Å². The highest BCUT2D eigenvalue weighted by atomic mass is 16.7. The molecule has 6 aliphatic rings. The molecule has 6 aliphatic heterocycles. The number of nitrogens with two attached hydrogens (primary N) is 1. The van der Waals surface area contributed by atoms with E-state index in [4.69, 9.17) is 62.7 Å². The molecule has 10 rings (SSSR count). The van der Waals surface area contributed by atoms with Gasteiger partial charge in [-0.05, 0) is 105 Å². The van der Waals surface area contributed by atoms with Crippen molar-refractivity contribution in [2.75, 3.05) is 110 Å². The second-order valence-electron chi connectivity index (χ2n) is 26.0. The Balaban J connectivity index is 0.792. The first-order valence-electron chi connectivity index (χ1n) is 34.2. The largest absolute Gasteiger partial charge is 0.493 e. The van der Waals surface area contributed by atoms with E-state index in [1.165, 1.54) is 66.5 Å². The number of unbranched alkanes of at least 4 members (excludes halogenated alkanes) is 2. The number of benzene rings is 4. The molecule has 0 aromatic heterocycles. The molecule has 103 heavy (non-hydrogen) atoms. The van der Waals surface area contributed by atoms with Crippen molar-refractivity contribution in [2.24, 2.45) is 5.90 Å². The van der Waals surface area contributed by atoms with Crippen molar-refractivity contribution in [3.8, 4) is 28.7 Å². The zero-order chi connectivity index (χ0) is 73.6. The first-order valence-corrected chi connectivity index (χ1v) is 34.2. The standard InChI is InChI=1S/C72H91N5O26/c1-40-25-45-35-76(71(89)99-36-43-13-15-57(48(28-43)53(78)11-9-17-91-4)102-69-64(84)62(82)55(80)38-97-69)50-31-61(60(92-5)30-47(50)66(86)74(45)33-40)96-20-8-6-7-19-95-59-32-51-46(27-42(59)3)67(87)75-34-41(2)26-52(75)68(88)77(51)72(90)100-37-44-14-16-58(103-70-65(85)63(83)56(81)39-98-70)49(29-44)54(79)12-10-18-93-21-22-94-23-24-101-73/h13-16,27-32,45,52,55-56,62-65,68-70,80-85,88H,1-2,6-12,17-26,33-39,73H2,3-5H3/t45-,52-,55+,56+,62-,63-,64+,65+,68?,69-,70-/m0/s1. The van der Waals surface area contributed by atoms with Crippen molar-refractivity contribution >= 4 is 46.9 Å². The van der Waals surface area contributed by atoms with Crippen LogP contribution in [0.25, 0.3) is 0 Å². The van der Waals surface area contributed by atoms with Crippen molar-refractivity contribution in [2.45, 2.75) is 145 Å². The van der Waals surface area contributed by atoms with Gasteiger partial charge in [0.1, 0.15) is 67.1 Å². The number of ketones is 2. The van der Waals surface area contributed by atoms with Crippen LogP contribution < -0.4 is 39.4 Å². The summed E-state index contributed by atoms with van der Waals surface area (Å²) in [7, 11) is 2.94. The molecule has 0 aliphatic carbocycles. The lowest BCUT2D eigenvalue weighted by Crippen LogP contribution is -2.54. The molecule has 0 bridgehead atoms. The van der Waals surface area contributed by atoms with E-state index in [1.807, 2.05) is 0 Å². The minimum atomic E-state index is -1.68. The number of aliphatic hydroxyl groups is 7. The number of aliphatic hydroxyl groups excluding tert-OH is 7. The molecule has 4 saturated heterocycles. The smallest absolute Gasteiger partial charge is 0.416 e. The van der Waals surface area contributed by atoms with Gasteiger partial charge in [-0.25, -0.2) is 20.4 Å². The summed E-state index contributed by atoms with van der Waals surface area (Å²) in [5.74, 6) is 4.23. The van der Waals surface area contributed by atoms with Crippen LogP contribution in [0.1, 0.15) is 116 Å². The number of anilines is 2. The van der Waals surface area contributed by atoms with Gasteiger partial charge in [-0.3, -0.25) is 24.1 Å². The highest BCUT2D eigenvalue weighted by Gasteiger charge is 2.47. The minimum Gasteiger partial charge on any atom is -0.493 e. The van der Waals surface area contributed by atoms with Crippen LogP contribution in [-0.2, 0) is 51.2 Å². The topological polar surface area (TPSA) is 403 Å². The van der Waals surface area contributed by atoms with Gasteiger partial charge < -0.3 is 107 Å². The van der Waals surface area contributed by atoms with Gasteiger partial charge in [-0.2, -0.15) is 0 Å². The Hall–Kier alpha value is -8.38. The summed E-state index contributed by atoms with van der Waals surface area (Å²) in [6, 6.07) is 13.7. The minimum absolute atomic E-state index is 0.0194. The zero-order valence-corrected chi connectivity index (χ0v) is 57.8. The maximum Gasteiger partial charge on any atom is 0.416 e. The summed E-state index contributed by atoms with van der Waals surface area (Å²) >= 11 is 0. The van der Waals surface area contributed by atoms with Crippen LogP contribution in [0.2, 0.25) is 0 Å². The first-order chi connectivity index (χ1) is 49.6. The highest BCUT2D eigenvalue weighted by molar-refractivity contribution is 6.07. The summed E-state index contributed by atoms with van der Waals surface area (Å²) < 4.78 is 69.1. The predicted octanol–water partition coefficient (Wildman–Crippen LogP) is 3.94. The number of hydrogen-bond donors (Lipinski definition) is 8. The molecule has 9 N–H and O–H groups in total. The Labute approximate surface area is 594 Å². The molecule has 1 unspecified atom stereocenters. The van der Waals surface area contributed by atoms with Crippen LogP contribution in [0, 0.1) is 6.92 Å². The fourth-order valence-electron chi connectivity index (χ4n) is 12.9. The summed E-state index contributed by atoms with van der Waals surface area (Å²) in [5.41, 5.74) is 3.33. The van der Waals surface area contributed by atoms with E-state index >= 15 is 0 Å². The number of methoxy groups -OCH3 is 2. The molecular weight excluding hydrogens is 1350 g/mol. The molecule has 31 heteroatoms. The van der Waals surface area contributed by atoms with Gasteiger partial charge in [0.15, 0.2) is 29.3 Å². The number of ether oxygens (including phenoxy) is 12. The molecule has 560 valence electrons. The predicted molar refractivity (Wildman–Crippen MR) is 363 cm³/mol. The number of carbonyl (C=O) groups excluding carboxylic acids is 6. The van der Waals surface area contributed by atoms with Gasteiger partial charge >= 0.3 is 12.2 Å². The van der Waals surface area contributed by atoms with Gasteiger partial charge in [-0.1, -0.05) is 36.4 Å². The van der Waals surface area contributed by atoms with Crippen molar-refractivity contribution in [3.05, 3.63) is 124 Å². The molecule has 4 aromatic carbocycles. The lowest BCUT2D eigenvalue weighted by atomic mass is 10.0. The monoisotopic (exact) mass is 1440 g/mol. The number of rotatable bonds is 33. The SMILES string of the molecule is C=C1C[C@H]2CN(C(=O)OCc3ccc(O[C@@H]4OC[C@@H](O)[C@H](O)[C@H]4O)c(C(=O)CCCOC)c3)c3cc(OCCCCCOc4cc5c(cc4C)C(=O)N4CC(=C)C[C@H]4C(O)N5C(=O)OCc4ccc(O[C@@H]5OC[C@@H](O)[C@H](O)[C@H]5O)c(C(=O)CCCOCCOCCON)c4)c(OC)cc3C(=O)N2C1. The van der Waals surface area contributed by atoms with Gasteiger partial charge in [0, 0.05) is 58.4 Å². The fourth-order valence-corrected chi connectivity index (χ4v) is 12.9. The highest BCUT2D eigenvalue weighted by Crippen LogP contribution is 2.43. The van der Waals surface area contributed by atoms with E-state index < -0.39 is 98.0 Å². The van der Waals surface area contributed by atoms with E-state index in [1.54, 1.807) is 30.0 Å². The number of Topliss-reactive ketones (excluding diaryl/α,β-unsaturated/α-hetero) is 2. The van der Waals surface area contributed by atoms with Gasteiger partial charge in [0.25, 0.3) is 11.8 Å². The van der Waals surface area contributed by atoms with Crippen LogP contribution in [0.3, 0.4) is 0 Å². The maximum atomic E-state index is 14.6. The van der Waals surface area contributed by atoms with Crippen molar-refractivity contribution in [1.82, 2.24) is 9.80 Å². The van der Waals surface area contributed by atoms with Crippen LogP contribution in [0.4, 0.5) is 21.0 Å². The molecule has 0 spiro atoms. The summed E-state index contributed by atoms with van der Waals surface area (Å²) in [6.45, 7) is 10.8. The number of nitrogens with zero attached hydrogens (tertiary/aromatic N) is 4. The molecule has 31 nitrogen and oxygen atoms in total. The lowest BCUT2D eigenvalue weighted by Gasteiger charge is -2.35. The van der Waals surface area contributed by atoms with E-state index in [-0.39, 0.29) is 180 Å². The number of carbonyl (C=O) groups is 6. The number of hydrogen-bond acceptors (Lipinski definition) is 27. The first kappa shape index (κ1) is 77.2. The van der Waals surface area contributed by atoms with Crippen LogP contribution >= 0.6 is 0 Å². The number of amides is 4. The van der Waals surface area contributed by atoms with Crippen LogP contribution in [0.15, 0.2) is 85.0 Å². The van der Waals surface area contributed by atoms with Crippen LogP contribution in [0.5, 0.6) is 28.7 Å². The second-order valence-corrected chi connectivity index (χ2v) is 26.0. The summed E-state index contributed by atoms with van der Waals surface area (Å²) in [6.07, 6.45) is -12.7. The quantitative estimate of drug-likeness (QED) is 0.0145. The molecule has 6 heterocycles. The zero-order valence-electron chi connectivity index (χ0n) is 57.8. The third-order valence-electron chi connectivity index (χ3n) is 18.5. The van der Waals surface area contributed by atoms with Crippen molar-refractivity contribution < 1.29 is 126 Å². The average Bonchev–Trinajstić information content (AvgIpc) is 1.63. The molecule has 4 amide bonds. The Morgan fingerprint density at radius 1 is 0.563 bits per heavy atom. The molecular formula is C72H91N5O26. The van der Waals surface area contributed by atoms with E-state index in [2.05, 4.69) is 18.0 Å². The number of fused-ring (bicyclic) bond motifs is 4. The van der Waals surface area contributed by atoms with Crippen molar-refractivity contribution in [3.63, 3.8) is 0 Å². The third-order valence-corrected chi connectivity index (χ3v) is 18.5. The van der Waals surface area contributed by atoms with E-state index in [9.17, 15) is 64.5 Å². The van der Waals surface area contributed by atoms with E-state index in [0.717, 1.165) is 10.5 Å². The third kappa shape index (κ3) is 18.6. The van der Waals surface area contributed by atoms with Gasteiger partial charge in [-0.15, -0.1) is 0 Å². The number of aryl methyl sites for hydroxylation is 1. The summed E-state index contributed by atoms with van der Waals surface area (Å²) in [5, 5.41) is 74.1. The Kier molecular flexibility index (Phi) is 26.9. The van der Waals surface area contributed by atoms with Gasteiger partial charge in [0.2, 0.25) is 12.6 Å². The van der Waals surface area contributed by atoms with Crippen LogP contribution in [-0.4, -0.2) is 249 Å².